The van der Waals surface area contributed by atoms with E-state index in [9.17, 15) is 22.0 Å². The first-order chi connectivity index (χ1) is 6.48. The van der Waals surface area contributed by atoms with Gasteiger partial charge in [0.05, 0.1) is 0 Å². The molecule has 0 rings (SSSR count). The maximum Gasteiger partial charge on any atom is 0.391 e. The topological polar surface area (TPSA) is 60.7 Å². The van der Waals surface area contributed by atoms with Crippen molar-refractivity contribution in [3.63, 3.8) is 0 Å². The van der Waals surface area contributed by atoms with Crippen LogP contribution in [-0.2, 0) is 0 Å². The summed E-state index contributed by atoms with van der Waals surface area (Å²) in [6.45, 7) is 1.28. The van der Waals surface area contributed by atoms with Crippen molar-refractivity contribution in [3.8, 4) is 0 Å². The predicted octanol–water partition coefficient (Wildman–Crippen LogP) is 1.03. The molecule has 0 fully saturated rings. The Morgan fingerprint density at radius 1 is 1.07 bits per heavy atom. The maximum atomic E-state index is 12.7. The third-order valence-electron chi connectivity index (χ3n) is 1.78. The molecule has 0 heterocycles. The van der Waals surface area contributed by atoms with Crippen LogP contribution in [0.25, 0.3) is 0 Å². The van der Waals surface area contributed by atoms with E-state index in [1.54, 1.807) is 0 Å². The van der Waals surface area contributed by atoms with E-state index in [2.05, 4.69) is 0 Å². The molecule has 0 aliphatic rings. The van der Waals surface area contributed by atoms with E-state index in [4.69, 9.17) is 15.3 Å². The number of hydrogen-bond donors (Lipinski definition) is 3. The number of rotatable bonds is 5. The lowest BCUT2D eigenvalue weighted by Crippen LogP contribution is -2.62. The van der Waals surface area contributed by atoms with Crippen LogP contribution in [0.1, 0.15) is 19.8 Å². The SMILES string of the molecule is CCCC(F)C(F)(F)C(F)(F)C(O)(O)O. The molecule has 0 radical (unpaired) electrons. The highest BCUT2D eigenvalue weighted by atomic mass is 19.3. The first-order valence-corrected chi connectivity index (χ1v) is 4.05. The molecule has 0 saturated carbocycles. The molecule has 0 aliphatic carbocycles. The van der Waals surface area contributed by atoms with Gasteiger partial charge in [-0.25, -0.2) is 4.39 Å². The molecule has 8 heteroatoms. The highest BCUT2D eigenvalue weighted by Crippen LogP contribution is 2.44. The van der Waals surface area contributed by atoms with Crippen molar-refractivity contribution in [1.82, 2.24) is 0 Å². The summed E-state index contributed by atoms with van der Waals surface area (Å²) in [5.74, 6) is -16.0. The monoisotopic (exact) mass is 238 g/mol. The van der Waals surface area contributed by atoms with Gasteiger partial charge in [0.1, 0.15) is 0 Å². The molecule has 0 aliphatic heterocycles. The van der Waals surface area contributed by atoms with Crippen LogP contribution in [0, 0.1) is 0 Å². The normalized spacial score (nSPS) is 16.6. The van der Waals surface area contributed by atoms with Crippen molar-refractivity contribution >= 4 is 0 Å². The first kappa shape index (κ1) is 14.5. The van der Waals surface area contributed by atoms with Crippen molar-refractivity contribution in [3.05, 3.63) is 0 Å². The van der Waals surface area contributed by atoms with Crippen molar-refractivity contribution in [2.75, 3.05) is 0 Å². The van der Waals surface area contributed by atoms with Gasteiger partial charge in [0, 0.05) is 0 Å². The van der Waals surface area contributed by atoms with Gasteiger partial charge < -0.3 is 15.3 Å². The van der Waals surface area contributed by atoms with Gasteiger partial charge in [-0.2, -0.15) is 17.6 Å². The van der Waals surface area contributed by atoms with Crippen molar-refractivity contribution in [2.45, 2.75) is 43.8 Å². The van der Waals surface area contributed by atoms with E-state index in [1.165, 1.54) is 6.92 Å². The second kappa shape index (κ2) is 4.18. The smallest absolute Gasteiger partial charge is 0.339 e. The van der Waals surface area contributed by atoms with Gasteiger partial charge in [-0.3, -0.25) is 0 Å². The molecular formula is C7H11F5O3. The lowest BCUT2D eigenvalue weighted by atomic mass is 10.0. The van der Waals surface area contributed by atoms with Crippen LogP contribution in [0.2, 0.25) is 0 Å². The first-order valence-electron chi connectivity index (χ1n) is 4.05. The van der Waals surface area contributed by atoms with Crippen molar-refractivity contribution in [2.24, 2.45) is 0 Å². The Hall–Kier alpha value is -0.470. The van der Waals surface area contributed by atoms with Crippen molar-refractivity contribution < 1.29 is 37.3 Å². The lowest BCUT2D eigenvalue weighted by molar-refractivity contribution is -0.450. The molecule has 3 nitrogen and oxygen atoms in total. The molecule has 0 bridgehead atoms. The molecule has 0 aromatic rings. The summed E-state index contributed by atoms with van der Waals surface area (Å²) in [5, 5.41) is 24.0. The standard InChI is InChI=1S/C7H11F5O3/c1-2-3-4(8)5(9,10)6(11,12)7(13,14)15/h4,13-15H,2-3H2,1H3. The fourth-order valence-corrected chi connectivity index (χ4v) is 0.855. The van der Waals surface area contributed by atoms with Crippen LogP contribution >= 0.6 is 0 Å². The average Bonchev–Trinajstić information content (AvgIpc) is 2.02. The molecular weight excluding hydrogens is 227 g/mol. The minimum Gasteiger partial charge on any atom is -0.339 e. The Morgan fingerprint density at radius 3 is 1.73 bits per heavy atom. The van der Waals surface area contributed by atoms with Crippen LogP contribution in [0.3, 0.4) is 0 Å². The maximum absolute atomic E-state index is 12.7. The Labute approximate surface area is 82.1 Å². The van der Waals surface area contributed by atoms with Gasteiger partial charge in [-0.05, 0) is 6.42 Å². The molecule has 1 unspecified atom stereocenters. The second-order valence-electron chi connectivity index (χ2n) is 3.09. The van der Waals surface area contributed by atoms with Crippen LogP contribution in [-0.4, -0.2) is 39.3 Å². The fraction of sp³-hybridized carbons (Fsp3) is 1.00. The van der Waals surface area contributed by atoms with E-state index in [0.717, 1.165) is 0 Å². The largest absolute Gasteiger partial charge is 0.391 e. The summed E-state index contributed by atoms with van der Waals surface area (Å²) in [6, 6.07) is 0. The van der Waals surface area contributed by atoms with Crippen LogP contribution in [0.4, 0.5) is 22.0 Å². The van der Waals surface area contributed by atoms with Gasteiger partial charge in [0.15, 0.2) is 6.17 Å². The molecule has 3 N–H and O–H groups in total. The Morgan fingerprint density at radius 2 is 1.47 bits per heavy atom. The minimum atomic E-state index is -5.69. The zero-order chi connectivity index (χ0) is 12.5. The van der Waals surface area contributed by atoms with Gasteiger partial charge in [-0.15, -0.1) is 0 Å². The Bertz CT molecular complexity index is 213. The molecule has 1 atom stereocenters. The summed E-state index contributed by atoms with van der Waals surface area (Å²) in [7, 11) is 0. The summed E-state index contributed by atoms with van der Waals surface area (Å²) < 4.78 is 63.1. The third-order valence-corrected chi connectivity index (χ3v) is 1.78. The van der Waals surface area contributed by atoms with Gasteiger partial charge in [-0.1, -0.05) is 13.3 Å². The molecule has 15 heavy (non-hydrogen) atoms. The zero-order valence-corrected chi connectivity index (χ0v) is 7.72. The average molecular weight is 238 g/mol. The Balaban J connectivity index is 5.00. The Kier molecular flexibility index (Phi) is 4.05. The van der Waals surface area contributed by atoms with Gasteiger partial charge in [0.25, 0.3) is 0 Å². The molecule has 0 amide bonds. The minimum absolute atomic E-state index is 0.137. The van der Waals surface area contributed by atoms with E-state index in [1.807, 2.05) is 0 Å². The summed E-state index contributed by atoms with van der Waals surface area (Å²) in [5.41, 5.74) is 0. The van der Waals surface area contributed by atoms with E-state index < -0.39 is 30.4 Å². The van der Waals surface area contributed by atoms with E-state index in [-0.39, 0.29) is 6.42 Å². The van der Waals surface area contributed by atoms with Crippen molar-refractivity contribution in [1.29, 1.82) is 0 Å². The van der Waals surface area contributed by atoms with E-state index in [0.29, 0.717) is 0 Å². The second-order valence-corrected chi connectivity index (χ2v) is 3.09. The van der Waals surface area contributed by atoms with Gasteiger partial charge >= 0.3 is 17.8 Å². The molecule has 92 valence electrons. The summed E-state index contributed by atoms with van der Waals surface area (Å²) >= 11 is 0. The quantitative estimate of drug-likeness (QED) is 0.495. The number of halogens is 5. The van der Waals surface area contributed by atoms with Crippen LogP contribution < -0.4 is 0 Å². The lowest BCUT2D eigenvalue weighted by Gasteiger charge is -2.33. The molecule has 0 saturated heterocycles. The highest BCUT2D eigenvalue weighted by molar-refractivity contribution is 4.95. The number of hydrogen-bond acceptors (Lipinski definition) is 3. The molecule has 0 aromatic carbocycles. The van der Waals surface area contributed by atoms with Crippen LogP contribution in [0.15, 0.2) is 0 Å². The number of aliphatic hydroxyl groups is 3. The summed E-state index contributed by atoms with van der Waals surface area (Å²) in [6.07, 6.45) is -4.30. The zero-order valence-electron chi connectivity index (χ0n) is 7.72. The molecule has 0 aromatic heterocycles. The predicted molar refractivity (Wildman–Crippen MR) is 39.1 cm³/mol. The highest BCUT2D eigenvalue weighted by Gasteiger charge is 2.72. The molecule has 0 spiro atoms. The number of alkyl halides is 5. The van der Waals surface area contributed by atoms with Gasteiger partial charge in [0.2, 0.25) is 0 Å². The third kappa shape index (κ3) is 2.56. The van der Waals surface area contributed by atoms with Crippen LogP contribution in [0.5, 0.6) is 0 Å². The fourth-order valence-electron chi connectivity index (χ4n) is 0.855. The van der Waals surface area contributed by atoms with E-state index >= 15 is 0 Å². The summed E-state index contributed by atoms with van der Waals surface area (Å²) in [4.78, 5) is 0.